The molecule has 2 aromatic carbocycles. The number of hydrogen-bond acceptors (Lipinski definition) is 4. The normalized spacial score (nSPS) is 11.2. The minimum Gasteiger partial charge on any atom is -0.323 e. The largest absolute Gasteiger partial charge is 0.323 e. The van der Waals surface area contributed by atoms with Crippen molar-refractivity contribution in [1.82, 2.24) is 9.55 Å². The average molecular weight is 438 g/mol. The highest BCUT2D eigenvalue weighted by molar-refractivity contribution is 7.99. The van der Waals surface area contributed by atoms with E-state index in [1.54, 1.807) is 18.2 Å². The first-order chi connectivity index (χ1) is 13.7. The van der Waals surface area contributed by atoms with E-state index in [1.807, 2.05) is 13.8 Å². The second kappa shape index (κ2) is 8.92. The molecule has 3 aromatic rings. The maximum atomic E-state index is 13.7. The zero-order chi connectivity index (χ0) is 21.1. The smallest absolute Gasteiger partial charge is 0.262 e. The first-order valence-electron chi connectivity index (χ1n) is 8.82. The van der Waals surface area contributed by atoms with Crippen molar-refractivity contribution in [2.24, 2.45) is 5.92 Å². The van der Waals surface area contributed by atoms with Gasteiger partial charge in [0.25, 0.3) is 5.56 Å². The molecule has 0 unspecified atom stereocenters. The summed E-state index contributed by atoms with van der Waals surface area (Å²) in [6.45, 7) is 4.37. The highest BCUT2D eigenvalue weighted by Gasteiger charge is 2.15. The lowest BCUT2D eigenvalue weighted by Gasteiger charge is -2.15. The van der Waals surface area contributed by atoms with E-state index in [1.165, 1.54) is 4.57 Å². The van der Waals surface area contributed by atoms with E-state index < -0.39 is 17.5 Å². The molecule has 1 aromatic heterocycles. The molecule has 0 atom stereocenters. The first-order valence-corrected chi connectivity index (χ1v) is 10.2. The number of aromatic nitrogens is 2. The molecule has 1 heterocycles. The van der Waals surface area contributed by atoms with Gasteiger partial charge in [0.2, 0.25) is 5.91 Å². The molecule has 0 spiro atoms. The molecule has 29 heavy (non-hydrogen) atoms. The fraction of sp³-hybridized carbons (Fsp3) is 0.250. The molecule has 5 nitrogen and oxygen atoms in total. The summed E-state index contributed by atoms with van der Waals surface area (Å²) in [5.74, 6) is -2.02. The summed E-state index contributed by atoms with van der Waals surface area (Å²) in [6, 6.07) is 7.75. The number of thioether (sulfide) groups is 1. The Balaban J connectivity index is 1.86. The van der Waals surface area contributed by atoms with Crippen molar-refractivity contribution in [3.63, 3.8) is 0 Å². The molecule has 9 heteroatoms. The third kappa shape index (κ3) is 5.13. The number of anilines is 1. The lowest BCUT2D eigenvalue weighted by molar-refractivity contribution is -0.113. The number of nitrogens with zero attached hydrogens (tertiary/aromatic N) is 2. The van der Waals surface area contributed by atoms with Crippen LogP contribution in [0.15, 0.2) is 46.3 Å². The molecule has 0 fully saturated rings. The quantitative estimate of drug-likeness (QED) is 0.448. The number of hydrogen-bond donors (Lipinski definition) is 1. The van der Waals surface area contributed by atoms with Crippen molar-refractivity contribution in [2.45, 2.75) is 25.5 Å². The predicted molar refractivity (Wildman–Crippen MR) is 112 cm³/mol. The lowest BCUT2D eigenvalue weighted by Crippen LogP contribution is -2.26. The Bertz CT molecular complexity index is 1130. The minimum atomic E-state index is -0.862. The lowest BCUT2D eigenvalue weighted by atomic mass is 10.2. The van der Waals surface area contributed by atoms with Crippen molar-refractivity contribution in [3.05, 3.63) is 63.4 Å². The Kier molecular flexibility index (Phi) is 6.54. The van der Waals surface area contributed by atoms with Gasteiger partial charge >= 0.3 is 0 Å². The Morgan fingerprint density at radius 3 is 2.69 bits per heavy atom. The summed E-state index contributed by atoms with van der Waals surface area (Å²) >= 11 is 7.07. The van der Waals surface area contributed by atoms with Gasteiger partial charge in [-0.3, -0.25) is 14.2 Å². The summed E-state index contributed by atoms with van der Waals surface area (Å²) in [7, 11) is 0. The molecule has 0 aliphatic rings. The molecule has 0 saturated carbocycles. The number of carbonyl (C=O) groups is 1. The van der Waals surface area contributed by atoms with E-state index in [9.17, 15) is 18.4 Å². The standard InChI is InChI=1S/C20H18ClF2N3O2S/c1-11(2)9-26-19(28)14-5-3-12(21)7-17(14)25-20(26)29-10-18(27)24-16-6-4-13(22)8-15(16)23/h3-8,11H,9-10H2,1-2H3,(H,24,27). The molecule has 0 radical (unpaired) electrons. The molecule has 1 N–H and O–H groups in total. The number of halogens is 3. The Morgan fingerprint density at radius 1 is 1.24 bits per heavy atom. The Hall–Kier alpha value is -2.45. The zero-order valence-corrected chi connectivity index (χ0v) is 17.3. The summed E-state index contributed by atoms with van der Waals surface area (Å²) in [6.07, 6.45) is 0. The van der Waals surface area contributed by atoms with Gasteiger partial charge in [-0.1, -0.05) is 37.2 Å². The van der Waals surface area contributed by atoms with Gasteiger partial charge in [0.15, 0.2) is 5.16 Å². The third-order valence-electron chi connectivity index (χ3n) is 3.97. The van der Waals surface area contributed by atoms with Gasteiger partial charge in [-0.05, 0) is 36.2 Å². The van der Waals surface area contributed by atoms with Crippen LogP contribution in [0.4, 0.5) is 14.5 Å². The van der Waals surface area contributed by atoms with Gasteiger partial charge in [-0.2, -0.15) is 0 Å². The summed E-state index contributed by atoms with van der Waals surface area (Å²) in [5.41, 5.74) is 0.109. The van der Waals surface area contributed by atoms with Gasteiger partial charge in [0, 0.05) is 17.6 Å². The average Bonchev–Trinajstić information content (AvgIpc) is 2.64. The van der Waals surface area contributed by atoms with Crippen LogP contribution in [0, 0.1) is 17.6 Å². The van der Waals surface area contributed by atoms with Crippen molar-refractivity contribution >= 4 is 45.9 Å². The number of benzene rings is 2. The molecule has 0 aliphatic carbocycles. The van der Waals surface area contributed by atoms with Gasteiger partial charge in [-0.25, -0.2) is 13.8 Å². The van der Waals surface area contributed by atoms with Crippen LogP contribution in [-0.2, 0) is 11.3 Å². The number of amides is 1. The summed E-state index contributed by atoms with van der Waals surface area (Å²) in [4.78, 5) is 29.6. The van der Waals surface area contributed by atoms with Crippen LogP contribution in [0.25, 0.3) is 10.9 Å². The zero-order valence-electron chi connectivity index (χ0n) is 15.7. The number of carbonyl (C=O) groups excluding carboxylic acids is 1. The second-order valence-electron chi connectivity index (χ2n) is 6.83. The summed E-state index contributed by atoms with van der Waals surface area (Å²) in [5, 5.41) is 3.65. The number of fused-ring (bicyclic) bond motifs is 1. The van der Waals surface area contributed by atoms with Crippen molar-refractivity contribution < 1.29 is 13.6 Å². The van der Waals surface area contributed by atoms with E-state index >= 15 is 0 Å². The fourth-order valence-electron chi connectivity index (χ4n) is 2.72. The van der Waals surface area contributed by atoms with Crippen molar-refractivity contribution in [2.75, 3.05) is 11.1 Å². The van der Waals surface area contributed by atoms with Crippen molar-refractivity contribution in [1.29, 1.82) is 0 Å². The SMILES string of the molecule is CC(C)Cn1c(SCC(=O)Nc2ccc(F)cc2F)nc2cc(Cl)ccc2c1=O. The van der Waals surface area contributed by atoms with Crippen LogP contribution in [0.2, 0.25) is 5.02 Å². The van der Waals surface area contributed by atoms with Crippen LogP contribution in [0.3, 0.4) is 0 Å². The molecule has 0 aliphatic heterocycles. The number of nitrogens with one attached hydrogen (secondary N) is 1. The molecule has 3 rings (SSSR count). The van der Waals surface area contributed by atoms with E-state index in [4.69, 9.17) is 11.6 Å². The third-order valence-corrected chi connectivity index (χ3v) is 5.18. The molecular weight excluding hydrogens is 420 g/mol. The van der Waals surface area contributed by atoms with Gasteiger partial charge in [-0.15, -0.1) is 0 Å². The highest BCUT2D eigenvalue weighted by Crippen LogP contribution is 2.22. The van der Waals surface area contributed by atoms with Crippen LogP contribution in [0.5, 0.6) is 0 Å². The van der Waals surface area contributed by atoms with Crippen molar-refractivity contribution in [3.8, 4) is 0 Å². The summed E-state index contributed by atoms with van der Waals surface area (Å²) < 4.78 is 28.2. The molecular formula is C20H18ClF2N3O2S. The molecule has 1 amide bonds. The van der Waals surface area contributed by atoms with Gasteiger partial charge in [0.05, 0.1) is 22.3 Å². The van der Waals surface area contributed by atoms with E-state index in [-0.39, 0.29) is 22.9 Å². The maximum Gasteiger partial charge on any atom is 0.262 e. The van der Waals surface area contributed by atoms with Gasteiger partial charge in [0.1, 0.15) is 11.6 Å². The highest BCUT2D eigenvalue weighted by atomic mass is 35.5. The van der Waals surface area contributed by atoms with E-state index in [0.717, 1.165) is 23.9 Å². The second-order valence-corrected chi connectivity index (χ2v) is 8.21. The van der Waals surface area contributed by atoms with Crippen LogP contribution in [0.1, 0.15) is 13.8 Å². The number of rotatable bonds is 6. The monoisotopic (exact) mass is 437 g/mol. The van der Waals surface area contributed by atoms with Gasteiger partial charge < -0.3 is 5.32 Å². The molecule has 0 saturated heterocycles. The fourth-order valence-corrected chi connectivity index (χ4v) is 3.69. The minimum absolute atomic E-state index is 0.104. The van der Waals surface area contributed by atoms with E-state index in [0.29, 0.717) is 33.7 Å². The molecule has 0 bridgehead atoms. The predicted octanol–water partition coefficient (Wildman–Crippen LogP) is 4.71. The van der Waals surface area contributed by atoms with Crippen LogP contribution in [-0.4, -0.2) is 21.2 Å². The van der Waals surface area contributed by atoms with E-state index in [2.05, 4.69) is 10.3 Å². The first kappa shape index (κ1) is 21.3. The van der Waals surface area contributed by atoms with Crippen LogP contribution < -0.4 is 10.9 Å². The molecule has 152 valence electrons. The maximum absolute atomic E-state index is 13.7. The van der Waals surface area contributed by atoms with Crippen LogP contribution >= 0.6 is 23.4 Å². The topological polar surface area (TPSA) is 64.0 Å². The Morgan fingerprint density at radius 2 is 2.00 bits per heavy atom. The Labute approximate surface area is 175 Å².